The number of primary amides is 1. The molecule has 2 aromatic heterocycles. The second-order valence-electron chi connectivity index (χ2n) is 5.39. The van der Waals surface area contributed by atoms with E-state index < -0.39 is 5.91 Å². The van der Waals surface area contributed by atoms with E-state index in [1.165, 1.54) is 11.3 Å². The van der Waals surface area contributed by atoms with E-state index in [0.29, 0.717) is 23.7 Å². The predicted molar refractivity (Wildman–Crippen MR) is 101 cm³/mol. The lowest BCUT2D eigenvalue weighted by atomic mass is 10.1. The maximum Gasteiger partial charge on any atom is 0.248 e. The van der Waals surface area contributed by atoms with Gasteiger partial charge in [0.15, 0.2) is 5.13 Å². The van der Waals surface area contributed by atoms with E-state index in [2.05, 4.69) is 9.97 Å². The Morgan fingerprint density at radius 2 is 2.12 bits per heavy atom. The third-order valence-electron chi connectivity index (χ3n) is 3.58. The zero-order valence-corrected chi connectivity index (χ0v) is 15.5. The van der Waals surface area contributed by atoms with Crippen molar-refractivity contribution in [3.8, 4) is 16.3 Å². The first-order valence-corrected chi connectivity index (χ1v) is 9.40. The molecule has 4 N–H and O–H groups in total. The number of benzene rings is 1. The highest BCUT2D eigenvalue weighted by molar-refractivity contribution is 7.19. The third kappa shape index (κ3) is 3.80. The fourth-order valence-electron chi connectivity index (χ4n) is 2.48. The molecule has 6 nitrogen and oxygen atoms in total. The fraction of sp³-hybridized carbons (Fsp3) is 0.235. The van der Waals surface area contributed by atoms with Crippen LogP contribution < -0.4 is 16.2 Å². The van der Waals surface area contributed by atoms with Crippen LogP contribution >= 0.6 is 22.7 Å². The smallest absolute Gasteiger partial charge is 0.248 e. The summed E-state index contributed by atoms with van der Waals surface area (Å²) in [4.78, 5) is 21.4. The van der Waals surface area contributed by atoms with Gasteiger partial charge in [-0.05, 0) is 32.0 Å². The Morgan fingerprint density at radius 3 is 2.76 bits per heavy atom. The quantitative estimate of drug-likeness (QED) is 0.689. The average molecular weight is 374 g/mol. The first-order chi connectivity index (χ1) is 12.0. The number of thiazole rings is 2. The van der Waals surface area contributed by atoms with Crippen molar-refractivity contribution in [2.75, 3.05) is 12.3 Å². The maximum atomic E-state index is 11.5. The van der Waals surface area contributed by atoms with Crippen molar-refractivity contribution in [3.05, 3.63) is 45.4 Å². The van der Waals surface area contributed by atoms with Crippen LogP contribution in [0.3, 0.4) is 0 Å². The molecular weight excluding hydrogens is 356 g/mol. The molecule has 1 aromatic carbocycles. The summed E-state index contributed by atoms with van der Waals surface area (Å²) in [7, 11) is 0. The lowest BCUT2D eigenvalue weighted by Gasteiger charge is -2.10. The third-order valence-corrected chi connectivity index (χ3v) is 5.44. The molecule has 2 heterocycles. The maximum absolute atomic E-state index is 11.5. The fourth-order valence-corrected chi connectivity index (χ4v) is 4.16. The number of nitrogens with two attached hydrogens (primary N) is 2. The molecule has 0 saturated heterocycles. The molecule has 0 aliphatic rings. The Kier molecular flexibility index (Phi) is 5.00. The van der Waals surface area contributed by atoms with Gasteiger partial charge in [-0.15, -0.1) is 11.3 Å². The van der Waals surface area contributed by atoms with Crippen LogP contribution in [0.4, 0.5) is 5.13 Å². The van der Waals surface area contributed by atoms with Gasteiger partial charge in [0.25, 0.3) is 0 Å². The summed E-state index contributed by atoms with van der Waals surface area (Å²) < 4.78 is 5.66. The molecule has 0 radical (unpaired) electrons. The van der Waals surface area contributed by atoms with E-state index in [1.54, 1.807) is 29.5 Å². The van der Waals surface area contributed by atoms with Crippen LogP contribution in [0.2, 0.25) is 0 Å². The van der Waals surface area contributed by atoms with Crippen LogP contribution in [-0.2, 0) is 6.42 Å². The Labute approximate surface area is 153 Å². The van der Waals surface area contributed by atoms with Gasteiger partial charge in [0.1, 0.15) is 5.75 Å². The Morgan fingerprint density at radius 1 is 1.32 bits per heavy atom. The Balaban J connectivity index is 1.91. The summed E-state index contributed by atoms with van der Waals surface area (Å²) in [5.74, 6) is 0.280. The summed E-state index contributed by atoms with van der Waals surface area (Å²) in [6, 6.07) is 5.22. The molecule has 130 valence electrons. The molecule has 0 spiro atoms. The average Bonchev–Trinajstić information content (AvgIpc) is 3.15. The minimum Gasteiger partial charge on any atom is -0.494 e. The van der Waals surface area contributed by atoms with Crippen molar-refractivity contribution in [1.82, 2.24) is 9.97 Å². The minimum atomic E-state index is -0.458. The zero-order chi connectivity index (χ0) is 18.0. The van der Waals surface area contributed by atoms with E-state index in [-0.39, 0.29) is 0 Å². The van der Waals surface area contributed by atoms with Crippen molar-refractivity contribution >= 4 is 33.7 Å². The zero-order valence-electron chi connectivity index (χ0n) is 13.9. The van der Waals surface area contributed by atoms with E-state index in [0.717, 1.165) is 32.6 Å². The van der Waals surface area contributed by atoms with Gasteiger partial charge in [0, 0.05) is 22.9 Å². The molecule has 25 heavy (non-hydrogen) atoms. The van der Waals surface area contributed by atoms with Gasteiger partial charge in [-0.1, -0.05) is 11.3 Å². The number of rotatable bonds is 6. The van der Waals surface area contributed by atoms with Gasteiger partial charge in [-0.2, -0.15) is 0 Å². The Hall–Kier alpha value is -2.45. The normalized spacial score (nSPS) is 10.8. The number of carbonyl (C=O) groups excluding carboxylic acids is 1. The molecular formula is C17H18N4O2S2. The molecule has 3 rings (SSSR count). The topological polar surface area (TPSA) is 104 Å². The molecule has 0 atom stereocenters. The highest BCUT2D eigenvalue weighted by Gasteiger charge is 2.14. The molecule has 0 aliphatic carbocycles. The largest absolute Gasteiger partial charge is 0.494 e. The van der Waals surface area contributed by atoms with Crippen molar-refractivity contribution in [2.45, 2.75) is 20.3 Å². The van der Waals surface area contributed by atoms with E-state index in [4.69, 9.17) is 16.2 Å². The summed E-state index contributed by atoms with van der Waals surface area (Å²) in [5.41, 5.74) is 14.3. The SMILES string of the molecule is CCOc1ccc(C(N)=O)cc1Cc1nc(-c2sc(N)nc2C)cs1. The monoisotopic (exact) mass is 374 g/mol. The number of carbonyl (C=O) groups is 1. The standard InChI is InChI=1S/C17H18N4O2S2/c1-3-23-13-5-4-10(16(18)22)6-11(13)7-14-21-12(8-24-14)15-9(2)20-17(19)25-15/h4-6,8H,3,7H2,1-2H3,(H2,18,22)(H2,19,20). The number of anilines is 1. The number of aryl methyl sites for hydroxylation is 1. The summed E-state index contributed by atoms with van der Waals surface area (Å²) in [6.07, 6.45) is 0.564. The minimum absolute atomic E-state index is 0.458. The molecule has 0 fully saturated rings. The summed E-state index contributed by atoms with van der Waals surface area (Å²) in [5, 5.41) is 3.45. The van der Waals surface area contributed by atoms with E-state index in [9.17, 15) is 4.79 Å². The van der Waals surface area contributed by atoms with Crippen LogP contribution in [0.15, 0.2) is 23.6 Å². The predicted octanol–water partition coefficient (Wildman–Crippen LogP) is 3.25. The number of amides is 1. The number of nitrogen functional groups attached to an aromatic ring is 1. The van der Waals surface area contributed by atoms with Crippen molar-refractivity contribution in [2.24, 2.45) is 5.73 Å². The second kappa shape index (κ2) is 7.20. The summed E-state index contributed by atoms with van der Waals surface area (Å²) in [6.45, 7) is 4.39. The molecule has 8 heteroatoms. The Bertz CT molecular complexity index is 917. The molecule has 0 bridgehead atoms. The number of aromatic nitrogens is 2. The molecule has 3 aromatic rings. The van der Waals surface area contributed by atoms with Crippen LogP contribution in [0.25, 0.3) is 10.6 Å². The highest BCUT2D eigenvalue weighted by Crippen LogP contribution is 2.33. The van der Waals surface area contributed by atoms with Crippen LogP contribution in [0.1, 0.15) is 33.5 Å². The first-order valence-electron chi connectivity index (χ1n) is 7.71. The van der Waals surface area contributed by atoms with E-state index in [1.807, 2.05) is 19.2 Å². The molecule has 1 amide bonds. The van der Waals surface area contributed by atoms with Crippen LogP contribution in [-0.4, -0.2) is 22.5 Å². The second-order valence-corrected chi connectivity index (χ2v) is 7.36. The number of hydrogen-bond donors (Lipinski definition) is 2. The van der Waals surface area contributed by atoms with Gasteiger partial charge >= 0.3 is 0 Å². The van der Waals surface area contributed by atoms with Crippen LogP contribution in [0, 0.1) is 6.92 Å². The lowest BCUT2D eigenvalue weighted by Crippen LogP contribution is -2.11. The van der Waals surface area contributed by atoms with Crippen molar-refractivity contribution in [3.63, 3.8) is 0 Å². The van der Waals surface area contributed by atoms with Gasteiger partial charge in [0.2, 0.25) is 5.91 Å². The van der Waals surface area contributed by atoms with Gasteiger partial charge in [-0.3, -0.25) is 4.79 Å². The summed E-state index contributed by atoms with van der Waals surface area (Å²) >= 11 is 2.98. The molecule has 0 aliphatic heterocycles. The van der Waals surface area contributed by atoms with E-state index >= 15 is 0 Å². The van der Waals surface area contributed by atoms with Crippen molar-refractivity contribution in [1.29, 1.82) is 0 Å². The van der Waals surface area contributed by atoms with Crippen LogP contribution in [0.5, 0.6) is 5.75 Å². The van der Waals surface area contributed by atoms with Gasteiger partial charge in [-0.25, -0.2) is 9.97 Å². The molecule has 0 saturated carbocycles. The number of ether oxygens (including phenoxy) is 1. The first kappa shape index (κ1) is 17.4. The highest BCUT2D eigenvalue weighted by atomic mass is 32.1. The molecule has 0 unspecified atom stereocenters. The number of hydrogen-bond acceptors (Lipinski definition) is 7. The number of nitrogens with zero attached hydrogens (tertiary/aromatic N) is 2. The van der Waals surface area contributed by atoms with Gasteiger partial charge in [0.05, 0.1) is 27.9 Å². The lowest BCUT2D eigenvalue weighted by molar-refractivity contribution is 0.1000. The van der Waals surface area contributed by atoms with Crippen molar-refractivity contribution < 1.29 is 9.53 Å². The van der Waals surface area contributed by atoms with Gasteiger partial charge < -0.3 is 16.2 Å².